The molecular weight excluding hydrogens is 423 g/mol. The van der Waals surface area contributed by atoms with E-state index < -0.39 is 5.92 Å². The SMILES string of the molecule is CC1(C)CC(=O)C2=C(C1)N(c1ccc(Br)cn1)C(=O)CC2c1cccc(F)c1. The molecule has 1 aliphatic carbocycles. The number of nitrogens with zero attached hydrogens (tertiary/aromatic N) is 2. The van der Waals surface area contributed by atoms with Gasteiger partial charge in [0.1, 0.15) is 11.6 Å². The van der Waals surface area contributed by atoms with E-state index >= 15 is 0 Å². The molecule has 1 amide bonds. The van der Waals surface area contributed by atoms with Crippen LogP contribution in [0, 0.1) is 11.2 Å². The molecule has 4 nitrogen and oxygen atoms in total. The van der Waals surface area contributed by atoms with Crippen LogP contribution in [0.5, 0.6) is 0 Å². The fourth-order valence-electron chi connectivity index (χ4n) is 4.19. The number of halogens is 2. The summed E-state index contributed by atoms with van der Waals surface area (Å²) >= 11 is 3.36. The Kier molecular flexibility index (Phi) is 4.70. The van der Waals surface area contributed by atoms with Crippen molar-refractivity contribution in [1.82, 2.24) is 4.98 Å². The molecule has 2 aromatic rings. The number of carbonyl (C=O) groups excluding carboxylic acids is 2. The number of benzene rings is 1. The third kappa shape index (κ3) is 3.41. The summed E-state index contributed by atoms with van der Waals surface area (Å²) in [5.74, 6) is -0.395. The summed E-state index contributed by atoms with van der Waals surface area (Å²) in [6, 6.07) is 9.78. The van der Waals surface area contributed by atoms with Gasteiger partial charge in [-0.15, -0.1) is 0 Å². The summed E-state index contributed by atoms with van der Waals surface area (Å²) < 4.78 is 14.6. The molecular formula is C22H20BrFN2O2. The van der Waals surface area contributed by atoms with Crippen molar-refractivity contribution in [2.24, 2.45) is 5.41 Å². The molecule has 0 saturated heterocycles. The zero-order chi connectivity index (χ0) is 20.1. The van der Waals surface area contributed by atoms with Gasteiger partial charge in [0.05, 0.1) is 0 Å². The first-order valence-corrected chi connectivity index (χ1v) is 10.0. The third-order valence-electron chi connectivity index (χ3n) is 5.33. The second-order valence-electron chi connectivity index (χ2n) is 8.18. The summed E-state index contributed by atoms with van der Waals surface area (Å²) in [5, 5.41) is 0. The minimum absolute atomic E-state index is 0.0233. The number of Topliss-reactive ketones (excluding diaryl/α,β-unsaturated/α-hetero) is 1. The lowest BCUT2D eigenvalue weighted by atomic mass is 9.69. The van der Waals surface area contributed by atoms with Gasteiger partial charge in [-0.3, -0.25) is 14.5 Å². The maximum Gasteiger partial charge on any atom is 0.233 e. The van der Waals surface area contributed by atoms with Crippen LogP contribution in [0.4, 0.5) is 10.2 Å². The average Bonchev–Trinajstić information content (AvgIpc) is 2.61. The predicted octanol–water partition coefficient (Wildman–Crippen LogP) is 5.15. The number of ketones is 1. The molecule has 0 bridgehead atoms. The van der Waals surface area contributed by atoms with Gasteiger partial charge in [-0.05, 0) is 57.6 Å². The van der Waals surface area contributed by atoms with Crippen molar-refractivity contribution in [3.63, 3.8) is 0 Å². The van der Waals surface area contributed by atoms with Crippen molar-refractivity contribution in [1.29, 1.82) is 0 Å². The molecule has 0 radical (unpaired) electrons. The fourth-order valence-corrected chi connectivity index (χ4v) is 4.42. The van der Waals surface area contributed by atoms with E-state index in [9.17, 15) is 14.0 Å². The van der Waals surface area contributed by atoms with E-state index in [1.165, 1.54) is 12.1 Å². The zero-order valence-electron chi connectivity index (χ0n) is 15.7. The normalized spacial score (nSPS) is 21.7. The van der Waals surface area contributed by atoms with Gasteiger partial charge in [-0.25, -0.2) is 9.37 Å². The van der Waals surface area contributed by atoms with Gasteiger partial charge in [0.2, 0.25) is 5.91 Å². The van der Waals surface area contributed by atoms with E-state index in [0.717, 1.165) is 4.47 Å². The lowest BCUT2D eigenvalue weighted by Gasteiger charge is -2.42. The number of pyridine rings is 1. The number of hydrogen-bond donors (Lipinski definition) is 0. The molecule has 1 unspecified atom stereocenters. The number of aromatic nitrogens is 1. The van der Waals surface area contributed by atoms with Gasteiger partial charge in [0, 0.05) is 40.7 Å². The second-order valence-corrected chi connectivity index (χ2v) is 9.09. The van der Waals surface area contributed by atoms with Crippen LogP contribution in [-0.4, -0.2) is 16.7 Å². The Morgan fingerprint density at radius 2 is 1.96 bits per heavy atom. The minimum Gasteiger partial charge on any atom is -0.294 e. The van der Waals surface area contributed by atoms with Crippen LogP contribution < -0.4 is 4.90 Å². The van der Waals surface area contributed by atoms with Crippen LogP contribution >= 0.6 is 15.9 Å². The lowest BCUT2D eigenvalue weighted by molar-refractivity contribution is -0.121. The molecule has 144 valence electrons. The standard InChI is InChI=1S/C22H20BrFN2O2/c1-22(2)10-17-21(18(27)11-22)16(13-4-3-5-15(24)8-13)9-20(28)26(17)19-7-6-14(23)12-25-19/h3-8,12,16H,9-11H2,1-2H3. The Balaban J connectivity index is 1.89. The molecule has 0 saturated carbocycles. The first kappa shape index (κ1) is 19.0. The molecule has 28 heavy (non-hydrogen) atoms. The van der Waals surface area contributed by atoms with E-state index in [4.69, 9.17) is 0 Å². The Hall–Kier alpha value is -2.34. The third-order valence-corrected chi connectivity index (χ3v) is 5.80. The monoisotopic (exact) mass is 442 g/mol. The smallest absolute Gasteiger partial charge is 0.233 e. The van der Waals surface area contributed by atoms with Crippen molar-refractivity contribution in [3.05, 3.63) is 69.7 Å². The molecule has 4 rings (SSSR count). The number of carbonyl (C=O) groups is 2. The lowest BCUT2D eigenvalue weighted by Crippen LogP contribution is -2.44. The van der Waals surface area contributed by atoms with E-state index in [-0.39, 0.29) is 29.3 Å². The Morgan fingerprint density at radius 3 is 2.64 bits per heavy atom. The molecule has 6 heteroatoms. The first-order valence-electron chi connectivity index (χ1n) is 9.21. The predicted molar refractivity (Wildman–Crippen MR) is 108 cm³/mol. The highest BCUT2D eigenvalue weighted by atomic mass is 79.9. The summed E-state index contributed by atoms with van der Waals surface area (Å²) in [7, 11) is 0. The Bertz CT molecular complexity index is 998. The number of rotatable bonds is 2. The van der Waals surface area contributed by atoms with Crippen molar-refractivity contribution in [2.75, 3.05) is 4.90 Å². The highest BCUT2D eigenvalue weighted by molar-refractivity contribution is 9.10. The van der Waals surface area contributed by atoms with Crippen molar-refractivity contribution in [3.8, 4) is 0 Å². The molecule has 1 aromatic heterocycles. The van der Waals surface area contributed by atoms with Crippen LogP contribution in [0.25, 0.3) is 0 Å². The number of allylic oxidation sites excluding steroid dienone is 2. The van der Waals surface area contributed by atoms with Crippen LogP contribution in [0.15, 0.2) is 58.3 Å². The average molecular weight is 443 g/mol. The molecule has 0 spiro atoms. The van der Waals surface area contributed by atoms with Gasteiger partial charge in [-0.1, -0.05) is 26.0 Å². The molecule has 0 fully saturated rings. The van der Waals surface area contributed by atoms with Gasteiger partial charge >= 0.3 is 0 Å². The van der Waals surface area contributed by atoms with Crippen LogP contribution in [-0.2, 0) is 9.59 Å². The van der Waals surface area contributed by atoms with E-state index in [1.54, 1.807) is 29.3 Å². The first-order chi connectivity index (χ1) is 13.2. The highest BCUT2D eigenvalue weighted by Crippen LogP contribution is 2.47. The topological polar surface area (TPSA) is 50.3 Å². The fraction of sp³-hybridized carbons (Fsp3) is 0.318. The van der Waals surface area contributed by atoms with E-state index in [0.29, 0.717) is 35.5 Å². The summed E-state index contributed by atoms with van der Waals surface area (Å²) in [6.07, 6.45) is 2.75. The zero-order valence-corrected chi connectivity index (χ0v) is 17.3. The van der Waals surface area contributed by atoms with Gasteiger partial charge in [-0.2, -0.15) is 0 Å². The maximum atomic E-state index is 13.8. The van der Waals surface area contributed by atoms with Crippen LogP contribution in [0.3, 0.4) is 0 Å². The molecule has 2 heterocycles. The largest absolute Gasteiger partial charge is 0.294 e. The maximum absolute atomic E-state index is 13.8. The Morgan fingerprint density at radius 1 is 1.18 bits per heavy atom. The summed E-state index contributed by atoms with van der Waals surface area (Å²) in [4.78, 5) is 32.2. The van der Waals surface area contributed by atoms with E-state index in [1.807, 2.05) is 19.9 Å². The highest BCUT2D eigenvalue weighted by Gasteiger charge is 2.44. The van der Waals surface area contributed by atoms with Gasteiger partial charge in [0.25, 0.3) is 0 Å². The van der Waals surface area contributed by atoms with Gasteiger partial charge in [0.15, 0.2) is 5.78 Å². The minimum atomic E-state index is -0.423. The van der Waals surface area contributed by atoms with Crippen molar-refractivity contribution >= 4 is 33.4 Å². The molecule has 1 aliphatic heterocycles. The molecule has 1 aromatic carbocycles. The van der Waals surface area contributed by atoms with Crippen LogP contribution in [0.1, 0.15) is 44.6 Å². The van der Waals surface area contributed by atoms with Crippen molar-refractivity contribution < 1.29 is 14.0 Å². The van der Waals surface area contributed by atoms with Crippen LogP contribution in [0.2, 0.25) is 0 Å². The summed E-state index contributed by atoms with van der Waals surface area (Å²) in [5.41, 5.74) is 1.72. The molecule has 0 N–H and O–H groups in total. The molecule has 2 aliphatic rings. The second kappa shape index (κ2) is 6.92. The van der Waals surface area contributed by atoms with Crippen molar-refractivity contribution in [2.45, 2.75) is 39.0 Å². The quantitative estimate of drug-likeness (QED) is 0.646. The summed E-state index contributed by atoms with van der Waals surface area (Å²) in [6.45, 7) is 4.05. The number of amides is 1. The molecule has 1 atom stereocenters. The number of hydrogen-bond acceptors (Lipinski definition) is 3. The Labute approximate surface area is 171 Å². The van der Waals surface area contributed by atoms with E-state index in [2.05, 4.69) is 20.9 Å². The number of anilines is 1. The van der Waals surface area contributed by atoms with Gasteiger partial charge < -0.3 is 0 Å².